The number of fused-ring (bicyclic) bond motifs is 8. The lowest BCUT2D eigenvalue weighted by atomic mass is 9.81. The molecule has 10 rings (SSSR count). The Bertz CT molecular complexity index is 2790. The van der Waals surface area contributed by atoms with Crippen LogP contribution in [-0.4, -0.2) is 0 Å². The number of para-hydroxylation sites is 1. The van der Waals surface area contributed by atoms with Crippen molar-refractivity contribution in [1.82, 2.24) is 0 Å². The summed E-state index contributed by atoms with van der Waals surface area (Å²) in [5, 5.41) is 4.59. The SMILES string of the molecule is CC1(C)c2ccccc2-c2cccc(N(c3cccc(-c4cccc5oc6c7ccccc7ccc6c45)c3)c3ccccc3-c3ccccc3)c21. The van der Waals surface area contributed by atoms with Crippen LogP contribution in [0.15, 0.2) is 180 Å². The van der Waals surface area contributed by atoms with Gasteiger partial charge in [-0.25, -0.2) is 0 Å². The summed E-state index contributed by atoms with van der Waals surface area (Å²) in [6.45, 7) is 4.74. The Morgan fingerprint density at radius 3 is 2.04 bits per heavy atom. The first-order chi connectivity index (χ1) is 25.1. The van der Waals surface area contributed by atoms with Gasteiger partial charge in [0.25, 0.3) is 0 Å². The molecule has 0 atom stereocenters. The smallest absolute Gasteiger partial charge is 0.143 e. The van der Waals surface area contributed by atoms with Gasteiger partial charge in [-0.1, -0.05) is 153 Å². The summed E-state index contributed by atoms with van der Waals surface area (Å²) < 4.78 is 6.60. The molecule has 2 heteroatoms. The van der Waals surface area contributed by atoms with E-state index in [0.717, 1.165) is 49.8 Å². The summed E-state index contributed by atoms with van der Waals surface area (Å²) in [5.74, 6) is 0. The molecule has 1 aromatic heterocycles. The van der Waals surface area contributed by atoms with E-state index in [9.17, 15) is 0 Å². The highest BCUT2D eigenvalue weighted by molar-refractivity contribution is 6.19. The first-order valence-corrected chi connectivity index (χ1v) is 17.7. The molecule has 1 aliphatic rings. The van der Waals surface area contributed by atoms with Crippen molar-refractivity contribution in [3.63, 3.8) is 0 Å². The Balaban J connectivity index is 1.23. The van der Waals surface area contributed by atoms with Gasteiger partial charge in [-0.3, -0.25) is 0 Å². The second-order valence-corrected chi connectivity index (χ2v) is 14.1. The lowest BCUT2D eigenvalue weighted by Crippen LogP contribution is -2.21. The van der Waals surface area contributed by atoms with Gasteiger partial charge in [-0.05, 0) is 80.7 Å². The molecule has 242 valence electrons. The molecule has 0 amide bonds. The van der Waals surface area contributed by atoms with Crippen molar-refractivity contribution < 1.29 is 4.42 Å². The molecule has 9 aromatic rings. The van der Waals surface area contributed by atoms with Crippen molar-refractivity contribution in [2.75, 3.05) is 4.90 Å². The molecular formula is C49H35NO. The normalized spacial score (nSPS) is 13.1. The zero-order valence-electron chi connectivity index (χ0n) is 28.6. The average molecular weight is 654 g/mol. The van der Waals surface area contributed by atoms with Gasteiger partial charge in [0.1, 0.15) is 11.2 Å². The van der Waals surface area contributed by atoms with Crippen molar-refractivity contribution in [3.05, 3.63) is 187 Å². The molecule has 0 spiro atoms. The Hall–Kier alpha value is -6.38. The molecular weight excluding hydrogens is 619 g/mol. The topological polar surface area (TPSA) is 16.4 Å². The fourth-order valence-corrected chi connectivity index (χ4v) is 8.55. The molecule has 1 aliphatic carbocycles. The van der Waals surface area contributed by atoms with Crippen LogP contribution >= 0.6 is 0 Å². The van der Waals surface area contributed by atoms with Crippen LogP contribution in [0, 0.1) is 0 Å². The first kappa shape index (κ1) is 29.5. The molecule has 0 N–H and O–H groups in total. The number of furan rings is 1. The third kappa shape index (κ3) is 4.50. The fraction of sp³-hybridized carbons (Fsp3) is 0.0612. The molecule has 1 heterocycles. The van der Waals surface area contributed by atoms with Crippen molar-refractivity contribution in [1.29, 1.82) is 0 Å². The zero-order valence-corrected chi connectivity index (χ0v) is 28.6. The van der Waals surface area contributed by atoms with E-state index >= 15 is 0 Å². The van der Waals surface area contributed by atoms with Gasteiger partial charge >= 0.3 is 0 Å². The Morgan fingerprint density at radius 2 is 1.14 bits per heavy atom. The third-order valence-corrected chi connectivity index (χ3v) is 10.8. The highest BCUT2D eigenvalue weighted by Crippen LogP contribution is 2.55. The molecule has 0 aliphatic heterocycles. The van der Waals surface area contributed by atoms with Gasteiger partial charge < -0.3 is 9.32 Å². The van der Waals surface area contributed by atoms with E-state index in [-0.39, 0.29) is 5.41 Å². The number of hydrogen-bond donors (Lipinski definition) is 0. The van der Waals surface area contributed by atoms with E-state index in [1.165, 1.54) is 44.5 Å². The van der Waals surface area contributed by atoms with Crippen molar-refractivity contribution >= 4 is 49.8 Å². The summed E-state index contributed by atoms with van der Waals surface area (Å²) >= 11 is 0. The summed E-state index contributed by atoms with van der Waals surface area (Å²) in [4.78, 5) is 2.49. The molecule has 0 fully saturated rings. The molecule has 0 saturated carbocycles. The lowest BCUT2D eigenvalue weighted by molar-refractivity contribution is 0.661. The largest absolute Gasteiger partial charge is 0.455 e. The number of anilines is 3. The van der Waals surface area contributed by atoms with Gasteiger partial charge in [0.2, 0.25) is 0 Å². The van der Waals surface area contributed by atoms with E-state index in [1.807, 2.05) is 0 Å². The van der Waals surface area contributed by atoms with Gasteiger partial charge in [-0.15, -0.1) is 0 Å². The minimum atomic E-state index is -0.190. The van der Waals surface area contributed by atoms with Gasteiger partial charge in [-0.2, -0.15) is 0 Å². The molecule has 0 bridgehead atoms. The molecule has 51 heavy (non-hydrogen) atoms. The second-order valence-electron chi connectivity index (χ2n) is 14.1. The van der Waals surface area contributed by atoms with Crippen LogP contribution in [0.3, 0.4) is 0 Å². The van der Waals surface area contributed by atoms with E-state index < -0.39 is 0 Å². The quantitative estimate of drug-likeness (QED) is 0.184. The van der Waals surface area contributed by atoms with Crippen LogP contribution < -0.4 is 4.90 Å². The van der Waals surface area contributed by atoms with Crippen LogP contribution in [0.5, 0.6) is 0 Å². The van der Waals surface area contributed by atoms with Crippen molar-refractivity contribution in [2.24, 2.45) is 0 Å². The van der Waals surface area contributed by atoms with E-state index in [2.05, 4.69) is 195 Å². The number of hydrogen-bond acceptors (Lipinski definition) is 2. The molecule has 0 unspecified atom stereocenters. The number of benzene rings is 8. The first-order valence-electron chi connectivity index (χ1n) is 17.7. The third-order valence-electron chi connectivity index (χ3n) is 10.8. The Labute approximate surface area is 297 Å². The molecule has 0 radical (unpaired) electrons. The number of rotatable bonds is 5. The second kappa shape index (κ2) is 11.3. The van der Waals surface area contributed by atoms with Gasteiger partial charge in [0, 0.05) is 32.8 Å². The minimum absolute atomic E-state index is 0.190. The fourth-order valence-electron chi connectivity index (χ4n) is 8.55. The monoisotopic (exact) mass is 653 g/mol. The predicted octanol–water partition coefficient (Wildman–Crippen LogP) is 13.8. The maximum atomic E-state index is 6.60. The van der Waals surface area contributed by atoms with Gasteiger partial charge in [0.05, 0.1) is 11.4 Å². The van der Waals surface area contributed by atoms with E-state index in [0.29, 0.717) is 0 Å². The highest BCUT2D eigenvalue weighted by atomic mass is 16.3. The van der Waals surface area contributed by atoms with Crippen LogP contribution in [0.4, 0.5) is 17.1 Å². The average Bonchev–Trinajstić information content (AvgIpc) is 3.69. The van der Waals surface area contributed by atoms with E-state index in [1.54, 1.807) is 0 Å². The van der Waals surface area contributed by atoms with Crippen molar-refractivity contribution in [3.8, 4) is 33.4 Å². The summed E-state index contributed by atoms with van der Waals surface area (Å²) in [6, 6.07) is 63.6. The Morgan fingerprint density at radius 1 is 0.471 bits per heavy atom. The lowest BCUT2D eigenvalue weighted by Gasteiger charge is -2.33. The predicted molar refractivity (Wildman–Crippen MR) is 214 cm³/mol. The van der Waals surface area contributed by atoms with Crippen LogP contribution in [0.25, 0.3) is 66.1 Å². The molecule has 8 aromatic carbocycles. The summed E-state index contributed by atoms with van der Waals surface area (Å²) in [6.07, 6.45) is 0. The zero-order chi connectivity index (χ0) is 34.1. The molecule has 2 nitrogen and oxygen atoms in total. The summed E-state index contributed by atoms with van der Waals surface area (Å²) in [7, 11) is 0. The van der Waals surface area contributed by atoms with Crippen LogP contribution in [0.1, 0.15) is 25.0 Å². The Kier molecular flexibility index (Phi) is 6.56. The van der Waals surface area contributed by atoms with Crippen molar-refractivity contribution in [2.45, 2.75) is 19.3 Å². The highest BCUT2D eigenvalue weighted by Gasteiger charge is 2.39. The minimum Gasteiger partial charge on any atom is -0.455 e. The summed E-state index contributed by atoms with van der Waals surface area (Å²) in [5.41, 5.74) is 15.1. The molecule has 0 saturated heterocycles. The standard InChI is InChI=1S/C49H35NO/c1-49(2)42-25-10-8-22-39(42)40-24-13-27-44(47(40)49)50(43-26-11-9-20-36(43)32-15-4-3-5-16-32)35-19-12-18-34(31-35)37-23-14-28-45-46(37)41-30-29-33-17-6-7-21-38(33)48(41)51-45/h3-31H,1-2H3. The van der Waals surface area contributed by atoms with Crippen LogP contribution in [-0.2, 0) is 5.41 Å². The maximum absolute atomic E-state index is 6.60. The van der Waals surface area contributed by atoms with Crippen LogP contribution in [0.2, 0.25) is 0 Å². The van der Waals surface area contributed by atoms with E-state index in [4.69, 9.17) is 4.42 Å². The van der Waals surface area contributed by atoms with Gasteiger partial charge in [0.15, 0.2) is 0 Å². The maximum Gasteiger partial charge on any atom is 0.143 e. The number of nitrogens with zero attached hydrogens (tertiary/aromatic N) is 1.